The molecule has 0 fully saturated rings. The Bertz CT molecular complexity index is 1090. The Balaban J connectivity index is 1.80. The molecule has 130 valence electrons. The van der Waals surface area contributed by atoms with E-state index in [-0.39, 0.29) is 5.88 Å². The van der Waals surface area contributed by atoms with Crippen molar-refractivity contribution < 1.29 is 5.11 Å². The fourth-order valence-corrected chi connectivity index (χ4v) is 3.99. The summed E-state index contributed by atoms with van der Waals surface area (Å²) in [7, 11) is 0. The third kappa shape index (κ3) is 3.11. The maximum absolute atomic E-state index is 10.6. The molecule has 1 aromatic heterocycles. The summed E-state index contributed by atoms with van der Waals surface area (Å²) in [6.45, 7) is 2.61. The Morgan fingerprint density at radius 3 is 2.73 bits per heavy atom. The van der Waals surface area contributed by atoms with Gasteiger partial charge in [0.2, 0.25) is 5.88 Å². The van der Waals surface area contributed by atoms with Gasteiger partial charge in [0.1, 0.15) is 0 Å². The molecule has 0 bridgehead atoms. The minimum absolute atomic E-state index is 0.218. The van der Waals surface area contributed by atoms with Gasteiger partial charge in [-0.1, -0.05) is 41.1 Å². The molecule has 1 aliphatic heterocycles. The summed E-state index contributed by atoms with van der Waals surface area (Å²) >= 11 is 7.38. The van der Waals surface area contributed by atoms with Crippen LogP contribution in [0.25, 0.3) is 11.6 Å². The van der Waals surface area contributed by atoms with E-state index in [1.54, 1.807) is 16.7 Å². The van der Waals surface area contributed by atoms with Crippen molar-refractivity contribution >= 4 is 52.2 Å². The van der Waals surface area contributed by atoms with E-state index < -0.39 is 0 Å². The van der Waals surface area contributed by atoms with E-state index >= 15 is 0 Å². The molecule has 0 saturated carbocycles. The number of para-hydroxylation sites is 1. The van der Waals surface area contributed by atoms with Crippen LogP contribution in [0.5, 0.6) is 5.88 Å². The zero-order chi connectivity index (χ0) is 18.1. The molecule has 2 aromatic carbocycles. The molecule has 0 aliphatic carbocycles. The lowest BCUT2D eigenvalue weighted by Crippen LogP contribution is -2.12. The van der Waals surface area contributed by atoms with E-state index in [9.17, 15) is 5.11 Å². The smallest absolute Gasteiger partial charge is 0.211 e. The van der Waals surface area contributed by atoms with Gasteiger partial charge in [-0.2, -0.15) is 0 Å². The number of allylic oxidation sites excluding steroid dienone is 1. The number of benzene rings is 2. The molecule has 4 rings (SSSR count). The molecule has 0 amide bonds. The first-order valence-electron chi connectivity index (χ1n) is 8.24. The first-order chi connectivity index (χ1) is 12.7. The van der Waals surface area contributed by atoms with Crippen LogP contribution in [0.4, 0.5) is 11.4 Å². The van der Waals surface area contributed by atoms with Gasteiger partial charge in [-0.3, -0.25) is 9.56 Å². The van der Waals surface area contributed by atoms with Crippen molar-refractivity contribution in [1.29, 1.82) is 0 Å². The summed E-state index contributed by atoms with van der Waals surface area (Å²) in [5, 5.41) is 11.3. The number of hydrogen-bond acceptors (Lipinski definition) is 4. The number of aliphatic imine (C=N–C) groups is 1. The second-order valence-corrected chi connectivity index (χ2v) is 7.23. The topological polar surface area (TPSA) is 49.9 Å². The van der Waals surface area contributed by atoms with Gasteiger partial charge in [-0.25, -0.2) is 4.99 Å². The zero-order valence-corrected chi connectivity index (χ0v) is 15.6. The SMILES string of the molecule is CCn1c(O)c(/C=C2\C=Nc3ccccc32)sc1=Nc1ccc(Cl)cc1. The van der Waals surface area contributed by atoms with Crippen LogP contribution < -0.4 is 4.80 Å². The first kappa shape index (κ1) is 16.8. The van der Waals surface area contributed by atoms with Crippen molar-refractivity contribution in [1.82, 2.24) is 4.57 Å². The lowest BCUT2D eigenvalue weighted by molar-refractivity contribution is 0.416. The summed E-state index contributed by atoms with van der Waals surface area (Å²) in [5.41, 5.74) is 3.80. The number of rotatable bonds is 3. The molecule has 0 radical (unpaired) electrons. The van der Waals surface area contributed by atoms with Gasteiger partial charge in [-0.15, -0.1) is 0 Å². The minimum atomic E-state index is 0.218. The fraction of sp³-hybridized carbons (Fsp3) is 0.100. The van der Waals surface area contributed by atoms with Crippen LogP contribution in [-0.2, 0) is 6.54 Å². The standard InChI is InChI=1S/C20H16ClN3OS/c1-2-24-19(25)18(11-13-12-22-17-6-4-3-5-16(13)17)26-20(24)23-15-9-7-14(21)8-10-15/h3-12,25H,2H2,1H3/b13-11+,23-20?. The highest BCUT2D eigenvalue weighted by molar-refractivity contribution is 7.10. The van der Waals surface area contributed by atoms with Crippen LogP contribution in [0.1, 0.15) is 17.4 Å². The van der Waals surface area contributed by atoms with Crippen LogP contribution in [0, 0.1) is 0 Å². The zero-order valence-electron chi connectivity index (χ0n) is 14.1. The van der Waals surface area contributed by atoms with Crippen molar-refractivity contribution in [2.24, 2.45) is 9.98 Å². The number of hydrogen-bond donors (Lipinski definition) is 1. The summed E-state index contributed by atoms with van der Waals surface area (Å²) < 4.78 is 1.80. The molecule has 4 nitrogen and oxygen atoms in total. The van der Waals surface area contributed by atoms with E-state index in [0.29, 0.717) is 11.6 Å². The Morgan fingerprint density at radius 2 is 1.96 bits per heavy atom. The molecule has 0 atom stereocenters. The van der Waals surface area contributed by atoms with Gasteiger partial charge < -0.3 is 5.11 Å². The number of thiazole rings is 1. The molecule has 2 heterocycles. The largest absolute Gasteiger partial charge is 0.493 e. The Hall–Kier alpha value is -2.63. The van der Waals surface area contributed by atoms with Gasteiger partial charge in [0.05, 0.1) is 16.3 Å². The predicted molar refractivity (Wildman–Crippen MR) is 109 cm³/mol. The molecule has 6 heteroatoms. The first-order valence-corrected chi connectivity index (χ1v) is 9.43. The Kier molecular flexibility index (Phi) is 4.49. The van der Waals surface area contributed by atoms with Crippen LogP contribution >= 0.6 is 22.9 Å². The molecule has 0 unspecified atom stereocenters. The van der Waals surface area contributed by atoms with Gasteiger partial charge in [0, 0.05) is 28.9 Å². The van der Waals surface area contributed by atoms with Gasteiger partial charge >= 0.3 is 0 Å². The number of aromatic nitrogens is 1. The van der Waals surface area contributed by atoms with E-state index in [2.05, 4.69) is 9.98 Å². The normalized spacial score (nSPS) is 15.0. The van der Waals surface area contributed by atoms with Gasteiger partial charge in [-0.05, 0) is 43.3 Å². The summed E-state index contributed by atoms with van der Waals surface area (Å²) in [6.07, 6.45) is 3.79. The maximum atomic E-state index is 10.6. The van der Waals surface area contributed by atoms with Crippen molar-refractivity contribution in [2.45, 2.75) is 13.5 Å². The number of nitrogens with zero attached hydrogens (tertiary/aromatic N) is 3. The lowest BCUT2D eigenvalue weighted by atomic mass is 10.1. The molecular weight excluding hydrogens is 366 g/mol. The molecule has 3 aromatic rings. The fourth-order valence-electron chi connectivity index (χ4n) is 2.81. The highest BCUT2D eigenvalue weighted by Gasteiger charge is 2.15. The second-order valence-electron chi connectivity index (χ2n) is 5.78. The molecular formula is C20H16ClN3OS. The number of halogens is 1. The lowest BCUT2D eigenvalue weighted by Gasteiger charge is -2.01. The quantitative estimate of drug-likeness (QED) is 0.647. The van der Waals surface area contributed by atoms with E-state index in [4.69, 9.17) is 11.6 Å². The third-order valence-corrected chi connectivity index (χ3v) is 5.39. The summed E-state index contributed by atoms with van der Waals surface area (Å²) in [4.78, 5) is 10.6. The van der Waals surface area contributed by atoms with Crippen LogP contribution in [0.2, 0.25) is 5.02 Å². The molecule has 26 heavy (non-hydrogen) atoms. The van der Waals surface area contributed by atoms with Crippen molar-refractivity contribution in [3.63, 3.8) is 0 Å². The summed E-state index contributed by atoms with van der Waals surface area (Å²) in [6, 6.07) is 15.3. The third-order valence-electron chi connectivity index (χ3n) is 4.12. The van der Waals surface area contributed by atoms with E-state index in [1.165, 1.54) is 11.3 Å². The van der Waals surface area contributed by atoms with E-state index in [1.807, 2.05) is 55.6 Å². The minimum Gasteiger partial charge on any atom is -0.493 e. The number of fused-ring (bicyclic) bond motifs is 1. The van der Waals surface area contributed by atoms with Crippen molar-refractivity contribution in [3.8, 4) is 5.88 Å². The average molecular weight is 382 g/mol. The Labute approximate surface area is 160 Å². The highest BCUT2D eigenvalue weighted by atomic mass is 35.5. The van der Waals surface area contributed by atoms with Crippen LogP contribution in [0.15, 0.2) is 58.5 Å². The average Bonchev–Trinajstić information content (AvgIpc) is 3.19. The van der Waals surface area contributed by atoms with Crippen LogP contribution in [0.3, 0.4) is 0 Å². The van der Waals surface area contributed by atoms with Gasteiger partial charge in [0.25, 0.3) is 0 Å². The molecule has 1 N–H and O–H groups in total. The summed E-state index contributed by atoms with van der Waals surface area (Å²) in [5.74, 6) is 0.218. The molecule has 0 spiro atoms. The van der Waals surface area contributed by atoms with Crippen molar-refractivity contribution in [2.75, 3.05) is 0 Å². The highest BCUT2D eigenvalue weighted by Crippen LogP contribution is 2.34. The van der Waals surface area contributed by atoms with Crippen molar-refractivity contribution in [3.05, 3.63) is 68.8 Å². The second kappa shape index (κ2) is 6.94. The van der Waals surface area contributed by atoms with E-state index in [0.717, 1.165) is 32.2 Å². The molecule has 1 aliphatic rings. The van der Waals surface area contributed by atoms with Gasteiger partial charge in [0.15, 0.2) is 4.80 Å². The Morgan fingerprint density at radius 1 is 1.19 bits per heavy atom. The molecule has 0 saturated heterocycles. The maximum Gasteiger partial charge on any atom is 0.211 e. The predicted octanol–water partition coefficient (Wildman–Crippen LogP) is 5.42. The monoisotopic (exact) mass is 381 g/mol. The van der Waals surface area contributed by atoms with Crippen LogP contribution in [-0.4, -0.2) is 15.9 Å². The number of aromatic hydroxyl groups is 1.